The van der Waals surface area contributed by atoms with Crippen LogP contribution in [0.15, 0.2) is 71.9 Å². The van der Waals surface area contributed by atoms with Crippen LogP contribution in [0.2, 0.25) is 0 Å². The van der Waals surface area contributed by atoms with Crippen LogP contribution in [0.5, 0.6) is 23.1 Å². The summed E-state index contributed by atoms with van der Waals surface area (Å²) in [5, 5.41) is 20.1. The lowest BCUT2D eigenvalue weighted by atomic mass is 9.86. The molecular formula is C28H31N5O7S. The molecule has 0 atom stereocenters. The maximum absolute atomic E-state index is 13.8. The lowest BCUT2D eigenvalue weighted by molar-refractivity contribution is 0.192. The Morgan fingerprint density at radius 3 is 2.29 bits per heavy atom. The van der Waals surface area contributed by atoms with Crippen LogP contribution in [-0.4, -0.2) is 64.9 Å². The molecule has 0 aliphatic rings. The second-order valence-corrected chi connectivity index (χ2v) is 9.71. The number of hydrogen-bond acceptors (Lipinski definition) is 11. The van der Waals surface area contributed by atoms with Gasteiger partial charge in [0.25, 0.3) is 15.9 Å². The van der Waals surface area contributed by atoms with E-state index in [4.69, 9.17) is 27.9 Å². The highest BCUT2D eigenvalue weighted by Gasteiger charge is 2.27. The molecule has 2 aromatic heterocycles. The molecule has 13 heteroatoms. The van der Waals surface area contributed by atoms with Gasteiger partial charge in [-0.05, 0) is 42.8 Å². The van der Waals surface area contributed by atoms with Gasteiger partial charge in [0.1, 0.15) is 6.61 Å². The minimum Gasteiger partial charge on any atom is -0.490 e. The van der Waals surface area contributed by atoms with Gasteiger partial charge in [0.2, 0.25) is 11.6 Å². The molecule has 4 rings (SSSR count). The second kappa shape index (κ2) is 12.9. The Balaban J connectivity index is 1.91. The third-order valence-corrected chi connectivity index (χ3v) is 6.59. The molecule has 0 radical (unpaired) electrons. The second-order valence-electron chi connectivity index (χ2n) is 8.02. The highest BCUT2D eigenvalue weighted by Crippen LogP contribution is 2.41. The standard InChI is InChI=1S/C28H31N5O7S/c1-4-38-21-8-5-6-9-22(21)40-23-24(31-26(25-29-14-7-15-30-25)32-27(23)39-17-16-34)33-41(36,37)20-12-10-19(11-13-20)28(2,3)18-35/h5-15,34-35H,4,16-18H2,1-3H3,(H,31,32,33)/i2D3,3D3,16D2,18D2. The van der Waals surface area contributed by atoms with Crippen molar-refractivity contribution in [2.24, 2.45) is 0 Å². The summed E-state index contributed by atoms with van der Waals surface area (Å²) >= 11 is 0. The van der Waals surface area contributed by atoms with Gasteiger partial charge in [-0.3, -0.25) is 4.72 Å². The van der Waals surface area contributed by atoms with Gasteiger partial charge in [0, 0.05) is 26.0 Å². The van der Waals surface area contributed by atoms with Gasteiger partial charge in [-0.1, -0.05) is 38.0 Å². The number of anilines is 1. The predicted octanol–water partition coefficient (Wildman–Crippen LogP) is 3.57. The van der Waals surface area contributed by atoms with Gasteiger partial charge in [0.15, 0.2) is 23.1 Å². The van der Waals surface area contributed by atoms with Gasteiger partial charge in [-0.2, -0.15) is 4.98 Å². The Labute approximate surface area is 252 Å². The summed E-state index contributed by atoms with van der Waals surface area (Å²) < 4.78 is 125. The third kappa shape index (κ3) is 7.06. The number of sulfonamides is 1. The van der Waals surface area contributed by atoms with Gasteiger partial charge < -0.3 is 24.4 Å². The number of benzene rings is 2. The van der Waals surface area contributed by atoms with Crippen LogP contribution in [0.3, 0.4) is 0 Å². The fourth-order valence-electron chi connectivity index (χ4n) is 3.36. The Kier molecular flexibility index (Phi) is 5.95. The van der Waals surface area contributed by atoms with Crippen LogP contribution in [0.4, 0.5) is 5.82 Å². The Morgan fingerprint density at radius 2 is 1.66 bits per heavy atom. The molecule has 0 unspecified atom stereocenters. The topological polar surface area (TPSA) is 166 Å². The lowest BCUT2D eigenvalue weighted by Gasteiger charge is -2.22. The first-order chi connectivity index (χ1) is 23.5. The molecule has 41 heavy (non-hydrogen) atoms. The van der Waals surface area contributed by atoms with Crippen molar-refractivity contribution in [3.05, 3.63) is 72.6 Å². The third-order valence-electron chi connectivity index (χ3n) is 5.23. The number of aromatic nitrogens is 4. The number of ether oxygens (including phenoxy) is 3. The molecule has 2 aromatic carbocycles. The minimum atomic E-state index is -4.79. The number of nitrogens with zero attached hydrogens (tertiary/aromatic N) is 4. The van der Waals surface area contributed by atoms with Crippen molar-refractivity contribution in [2.75, 3.05) is 31.1 Å². The van der Waals surface area contributed by atoms with E-state index in [1.807, 2.05) is 0 Å². The highest BCUT2D eigenvalue weighted by atomic mass is 32.2. The quantitative estimate of drug-likeness (QED) is 0.208. The lowest BCUT2D eigenvalue weighted by Crippen LogP contribution is -2.22. The van der Waals surface area contributed by atoms with E-state index in [9.17, 15) is 18.6 Å². The SMILES string of the molecule is [2H]C([2H])(O)COc1nc(-c2ncccn2)nc(NS(=O)(=O)c2ccc(C(C([2H])([2H])[2H])(C([2H])([2H])[2H])C([2H])([2H])O)cc2)c1Oc1ccccc1OCC. The highest BCUT2D eigenvalue weighted by molar-refractivity contribution is 7.92. The summed E-state index contributed by atoms with van der Waals surface area (Å²) in [7, 11) is -4.79. The van der Waals surface area contributed by atoms with E-state index in [-0.39, 0.29) is 29.8 Å². The van der Waals surface area contributed by atoms with Crippen molar-refractivity contribution >= 4 is 15.8 Å². The Hall–Kier alpha value is -4.33. The fourth-order valence-corrected chi connectivity index (χ4v) is 4.36. The number of rotatable bonds is 13. The largest absolute Gasteiger partial charge is 0.490 e. The van der Waals surface area contributed by atoms with Crippen LogP contribution < -0.4 is 18.9 Å². The summed E-state index contributed by atoms with van der Waals surface area (Å²) in [6.07, 6.45) is 2.67. The molecule has 4 aromatic rings. The zero-order chi connectivity index (χ0) is 38.0. The molecule has 0 fully saturated rings. The van der Waals surface area contributed by atoms with Crippen molar-refractivity contribution in [3.8, 4) is 34.8 Å². The van der Waals surface area contributed by atoms with E-state index in [0.29, 0.717) is 0 Å². The maximum Gasteiger partial charge on any atom is 0.263 e. The van der Waals surface area contributed by atoms with Crippen molar-refractivity contribution < 1.29 is 46.5 Å². The van der Waals surface area contributed by atoms with Gasteiger partial charge in [0.05, 0.1) is 30.1 Å². The average molecular weight is 592 g/mol. The predicted molar refractivity (Wildman–Crippen MR) is 151 cm³/mol. The molecule has 0 saturated heterocycles. The van der Waals surface area contributed by atoms with Crippen LogP contribution in [0, 0.1) is 0 Å². The zero-order valence-electron chi connectivity index (χ0n) is 31.4. The van der Waals surface area contributed by atoms with E-state index in [2.05, 4.69) is 24.7 Å². The summed E-state index contributed by atoms with van der Waals surface area (Å²) in [5.41, 5.74) is -4.23. The van der Waals surface area contributed by atoms with Crippen molar-refractivity contribution in [3.63, 3.8) is 0 Å². The number of para-hydroxylation sites is 2. The number of hydrogen-bond donors (Lipinski definition) is 3. The molecule has 2 heterocycles. The Bertz CT molecular complexity index is 1900. The Morgan fingerprint density at radius 1 is 0.951 bits per heavy atom. The average Bonchev–Trinajstić information content (AvgIpc) is 3.00. The van der Waals surface area contributed by atoms with Crippen molar-refractivity contribution in [1.29, 1.82) is 0 Å². The summed E-state index contributed by atoms with van der Waals surface area (Å²) in [6.45, 7) is -13.1. The first-order valence-electron chi connectivity index (χ1n) is 16.8. The fraction of sp³-hybridized carbons (Fsp3) is 0.286. The van der Waals surface area contributed by atoms with E-state index in [0.717, 1.165) is 24.3 Å². The van der Waals surface area contributed by atoms with Gasteiger partial charge >= 0.3 is 0 Å². The monoisotopic (exact) mass is 591 g/mol. The first kappa shape index (κ1) is 18.9. The zero-order valence-corrected chi connectivity index (χ0v) is 22.2. The van der Waals surface area contributed by atoms with E-state index in [1.165, 1.54) is 30.6 Å². The molecule has 3 N–H and O–H groups in total. The molecule has 0 spiro atoms. The molecule has 0 bridgehead atoms. The van der Waals surface area contributed by atoms with Gasteiger partial charge in [-0.25, -0.2) is 23.4 Å². The number of aliphatic hydroxyl groups is 2. The minimum absolute atomic E-state index is 0.0114. The summed E-state index contributed by atoms with van der Waals surface area (Å²) in [6, 6.07) is 10.7. The van der Waals surface area contributed by atoms with Crippen LogP contribution in [-0.2, 0) is 15.4 Å². The smallest absolute Gasteiger partial charge is 0.263 e. The molecular weight excluding hydrogens is 550 g/mol. The molecule has 0 amide bonds. The van der Waals surface area contributed by atoms with E-state index in [1.54, 1.807) is 19.1 Å². The summed E-state index contributed by atoms with van der Waals surface area (Å²) in [5.74, 6) is -2.01. The van der Waals surface area contributed by atoms with Crippen molar-refractivity contribution in [1.82, 2.24) is 19.9 Å². The number of nitrogens with one attached hydrogen (secondary N) is 1. The molecule has 12 nitrogen and oxygen atoms in total. The molecule has 0 saturated carbocycles. The molecule has 0 aliphatic carbocycles. The van der Waals surface area contributed by atoms with E-state index < -0.39 is 76.8 Å². The van der Waals surface area contributed by atoms with Crippen LogP contribution in [0.1, 0.15) is 39.9 Å². The normalized spacial score (nSPS) is 16.6. The first-order valence-corrected chi connectivity index (χ1v) is 13.3. The van der Waals surface area contributed by atoms with Crippen molar-refractivity contribution in [2.45, 2.75) is 30.9 Å². The maximum atomic E-state index is 13.8. The van der Waals surface area contributed by atoms with Gasteiger partial charge in [-0.15, -0.1) is 0 Å². The van der Waals surface area contributed by atoms with Crippen LogP contribution >= 0.6 is 0 Å². The summed E-state index contributed by atoms with van der Waals surface area (Å²) in [4.78, 5) is 15.9. The van der Waals surface area contributed by atoms with E-state index >= 15 is 0 Å². The molecule has 0 aliphatic heterocycles. The molecule has 216 valence electrons. The van der Waals surface area contributed by atoms with Crippen LogP contribution in [0.25, 0.3) is 11.6 Å².